The average Bonchev–Trinajstić information content (AvgIpc) is 0.898. The number of aliphatic hydroxyl groups is 2. The largest absolute Gasteiger partial charge is 0.472 e. The predicted molar refractivity (Wildman–Crippen MR) is 518 cm³/mol. The lowest BCUT2D eigenvalue weighted by atomic mass is 10.0. The third-order valence-electron chi connectivity index (χ3n) is 20.6. The van der Waals surface area contributed by atoms with Gasteiger partial charge in [-0.3, -0.25) is 32.5 Å². The lowest BCUT2D eigenvalue weighted by molar-refractivity contribution is -0.161. The SMILES string of the molecule is CC/C=C\C/C=C\C/C=C\C/C=C\C/C=C\C/C=C\CCCCCCCCCCCCC(=O)OCC(COP(=O)(O)OCC(O)COP(=O)(O)OCC(O)COC(=O)CCCCCCCCCCCCCCCCCCC/C=C\C/C=C\C/C=C\C/C=C\CCCCC)OC(=O)CCCCCCCCCCC/C=C\C/C=C\C/C=C\C/C=C\C/C=C\CC. The molecule has 0 rings (SSSR count). The molecular weight excluding hydrogens is 1580 g/mol. The molecule has 0 bridgehead atoms. The van der Waals surface area contributed by atoms with Crippen LogP contribution in [0.15, 0.2) is 182 Å². The van der Waals surface area contributed by atoms with Crippen LogP contribution in [0.5, 0.6) is 0 Å². The van der Waals surface area contributed by atoms with E-state index in [-0.39, 0.29) is 19.3 Å². The first-order valence-electron chi connectivity index (χ1n) is 49.1. The molecule has 0 aromatic heterocycles. The highest BCUT2D eigenvalue weighted by Crippen LogP contribution is 2.45. The highest BCUT2D eigenvalue weighted by molar-refractivity contribution is 7.47. The Morgan fingerprint density at radius 1 is 0.236 bits per heavy atom. The summed E-state index contributed by atoms with van der Waals surface area (Å²) < 4.78 is 61.6. The molecule has 0 aliphatic rings. The van der Waals surface area contributed by atoms with Gasteiger partial charge in [-0.15, -0.1) is 0 Å². The summed E-state index contributed by atoms with van der Waals surface area (Å²) in [5.41, 5.74) is 0. The van der Waals surface area contributed by atoms with Gasteiger partial charge in [0.15, 0.2) is 6.10 Å². The van der Waals surface area contributed by atoms with Gasteiger partial charge in [0.2, 0.25) is 0 Å². The smallest absolute Gasteiger partial charge is 0.463 e. The molecule has 123 heavy (non-hydrogen) atoms. The number of hydrogen-bond acceptors (Lipinski definition) is 14. The van der Waals surface area contributed by atoms with Crippen molar-refractivity contribution in [2.45, 2.75) is 424 Å². The molecule has 16 nitrogen and oxygen atoms in total. The topological polar surface area (TPSA) is 231 Å². The molecule has 5 atom stereocenters. The number of phosphoric acid groups is 2. The van der Waals surface area contributed by atoms with Gasteiger partial charge in [0.1, 0.15) is 25.4 Å². The number of carbonyl (C=O) groups excluding carboxylic acids is 3. The van der Waals surface area contributed by atoms with Gasteiger partial charge in [0.25, 0.3) is 0 Å². The van der Waals surface area contributed by atoms with Crippen molar-refractivity contribution in [3.05, 3.63) is 182 Å². The minimum atomic E-state index is -4.95. The van der Waals surface area contributed by atoms with Gasteiger partial charge in [0.05, 0.1) is 26.4 Å². The number of esters is 3. The molecule has 0 spiro atoms. The maximum atomic E-state index is 13.1. The second-order valence-corrected chi connectivity index (χ2v) is 35.4. The van der Waals surface area contributed by atoms with E-state index in [9.17, 15) is 43.5 Å². The summed E-state index contributed by atoms with van der Waals surface area (Å²) in [6.07, 6.45) is 127. The Hall–Kier alpha value is -5.35. The first-order valence-corrected chi connectivity index (χ1v) is 52.1. The number of carbonyl (C=O) groups is 3. The molecular formula is C105H178O16P2. The fourth-order valence-corrected chi connectivity index (χ4v) is 14.8. The van der Waals surface area contributed by atoms with Gasteiger partial charge in [-0.2, -0.15) is 0 Å². The number of allylic oxidation sites excluding steroid dienone is 30. The summed E-state index contributed by atoms with van der Waals surface area (Å²) in [7, 11) is -9.82. The molecule has 0 aromatic carbocycles. The normalized spacial score (nSPS) is 14.5. The van der Waals surface area contributed by atoms with E-state index >= 15 is 0 Å². The van der Waals surface area contributed by atoms with Crippen molar-refractivity contribution >= 4 is 33.6 Å². The summed E-state index contributed by atoms with van der Waals surface area (Å²) >= 11 is 0. The van der Waals surface area contributed by atoms with Crippen molar-refractivity contribution in [1.82, 2.24) is 0 Å². The molecule has 4 N–H and O–H groups in total. The Balaban J connectivity index is 4.61. The van der Waals surface area contributed by atoms with Crippen LogP contribution in [0.25, 0.3) is 0 Å². The van der Waals surface area contributed by atoms with Crippen LogP contribution >= 0.6 is 15.6 Å². The van der Waals surface area contributed by atoms with Gasteiger partial charge in [-0.05, 0) is 161 Å². The number of rotatable bonds is 92. The number of phosphoric ester groups is 2. The summed E-state index contributed by atoms with van der Waals surface area (Å²) in [5.74, 6) is -1.58. The van der Waals surface area contributed by atoms with E-state index in [0.29, 0.717) is 19.3 Å². The highest BCUT2D eigenvalue weighted by Gasteiger charge is 2.30. The van der Waals surface area contributed by atoms with Gasteiger partial charge < -0.3 is 34.2 Å². The number of hydrogen-bond donors (Lipinski definition) is 4. The van der Waals surface area contributed by atoms with Crippen LogP contribution in [-0.2, 0) is 55.8 Å². The molecule has 704 valence electrons. The quantitative estimate of drug-likeness (QED) is 0.0146. The molecule has 0 fully saturated rings. The zero-order chi connectivity index (χ0) is 89.3. The lowest BCUT2D eigenvalue weighted by Gasteiger charge is -2.21. The molecule has 0 saturated heterocycles. The summed E-state index contributed by atoms with van der Waals surface area (Å²) in [6, 6.07) is 0. The maximum absolute atomic E-state index is 13.1. The van der Waals surface area contributed by atoms with E-state index in [4.69, 9.17) is 32.3 Å². The van der Waals surface area contributed by atoms with Crippen molar-refractivity contribution in [3.8, 4) is 0 Å². The molecule has 0 aliphatic heterocycles. The van der Waals surface area contributed by atoms with Crippen LogP contribution in [0, 0.1) is 0 Å². The number of unbranched alkanes of at least 4 members (excludes halogenated alkanes) is 39. The van der Waals surface area contributed by atoms with Crippen LogP contribution in [0.2, 0.25) is 0 Å². The van der Waals surface area contributed by atoms with E-state index < -0.39 is 91.5 Å². The molecule has 0 aromatic rings. The van der Waals surface area contributed by atoms with Gasteiger partial charge >= 0.3 is 33.6 Å². The van der Waals surface area contributed by atoms with E-state index in [1.165, 1.54) is 173 Å². The molecule has 0 saturated carbocycles. The maximum Gasteiger partial charge on any atom is 0.472 e. The van der Waals surface area contributed by atoms with Crippen LogP contribution in [0.1, 0.15) is 406 Å². The van der Waals surface area contributed by atoms with Crippen LogP contribution in [0.3, 0.4) is 0 Å². The third kappa shape index (κ3) is 97.1. The molecule has 5 unspecified atom stereocenters. The monoisotopic (exact) mass is 1760 g/mol. The third-order valence-corrected chi connectivity index (χ3v) is 22.5. The summed E-state index contributed by atoms with van der Waals surface area (Å²) in [4.78, 5) is 59.1. The molecule has 0 radical (unpaired) electrons. The molecule has 0 heterocycles. The van der Waals surface area contributed by atoms with Crippen LogP contribution < -0.4 is 0 Å². The Labute approximate surface area is 751 Å². The first-order chi connectivity index (χ1) is 60.2. The molecule has 0 amide bonds. The highest BCUT2D eigenvalue weighted by atomic mass is 31.2. The van der Waals surface area contributed by atoms with Crippen LogP contribution in [-0.4, -0.2) is 95.9 Å². The second kappa shape index (κ2) is 95.7. The average molecular weight is 1760 g/mol. The van der Waals surface area contributed by atoms with Gasteiger partial charge in [-0.1, -0.05) is 409 Å². The van der Waals surface area contributed by atoms with E-state index in [2.05, 4.69) is 203 Å². The number of ether oxygens (including phenoxy) is 3. The first kappa shape index (κ1) is 118. The standard InChI is InChI=1S/C105H178O16P2/c1-4-7-10-13-16-19-22-25-28-31-34-37-40-43-45-47-48-49-50-52-54-56-58-61-64-67-70-73-76-79-82-85-88-91-103(108)115-94-100(106)95-117-122(111,112)118-96-101(107)97-119-123(113,114)120-99-102(121-105(110)93-90-87-84-81-78-75-72-69-66-63-60-55-42-39-36-33-30-27-24-21-18-15-12-9-6-3)98-116-104(109)92-89-86-83-80-77-74-71-68-65-62-59-57-53-51-46-44-41-38-35-32-29-26-23-20-17-14-11-8-5-2/h8-9,11-12,16-21,25-30,34-39,43-46,53,55,57,60,100-102,106-107H,4-7,10,13-15,22-24,31-33,40-42,47-52,54,56,58-59,61-99H2,1-3H3,(H,111,112)(H,113,114)/b11-8-,12-9-,19-16-,20-17-,21-18-,28-25-,29-26-,30-27-,37-34-,38-35-,39-36-,45-43-,46-44-,57-53-,60-55-. The minimum absolute atomic E-state index is 0.0906. The Morgan fingerprint density at radius 2 is 0.431 bits per heavy atom. The zero-order valence-corrected chi connectivity index (χ0v) is 79.6. The molecule has 0 aliphatic carbocycles. The Kier molecular flexibility index (Phi) is 91.6. The Morgan fingerprint density at radius 3 is 0.683 bits per heavy atom. The van der Waals surface area contributed by atoms with E-state index in [0.717, 1.165) is 173 Å². The van der Waals surface area contributed by atoms with Gasteiger partial charge in [0, 0.05) is 19.3 Å². The zero-order valence-electron chi connectivity index (χ0n) is 77.8. The van der Waals surface area contributed by atoms with Crippen molar-refractivity contribution in [2.75, 3.05) is 39.6 Å². The van der Waals surface area contributed by atoms with Crippen molar-refractivity contribution in [1.29, 1.82) is 0 Å². The summed E-state index contributed by atoms with van der Waals surface area (Å²) in [6.45, 7) is 2.47. The predicted octanol–water partition coefficient (Wildman–Crippen LogP) is 30.8. The Bertz CT molecular complexity index is 2970. The summed E-state index contributed by atoms with van der Waals surface area (Å²) in [5, 5.41) is 20.8. The van der Waals surface area contributed by atoms with Crippen molar-refractivity contribution < 1.29 is 75.8 Å². The fourth-order valence-electron chi connectivity index (χ4n) is 13.2. The lowest BCUT2D eigenvalue weighted by Crippen LogP contribution is -2.30. The second-order valence-electron chi connectivity index (χ2n) is 32.5. The fraction of sp³-hybridized carbons (Fsp3) is 0.686. The number of aliphatic hydroxyl groups excluding tert-OH is 2. The van der Waals surface area contributed by atoms with Crippen LogP contribution in [0.4, 0.5) is 0 Å². The van der Waals surface area contributed by atoms with Gasteiger partial charge in [-0.25, -0.2) is 9.13 Å². The van der Waals surface area contributed by atoms with Crippen molar-refractivity contribution in [3.63, 3.8) is 0 Å². The molecule has 18 heteroatoms. The minimum Gasteiger partial charge on any atom is -0.463 e. The van der Waals surface area contributed by atoms with E-state index in [1.54, 1.807) is 0 Å². The van der Waals surface area contributed by atoms with Crippen molar-refractivity contribution in [2.24, 2.45) is 0 Å². The van der Waals surface area contributed by atoms with E-state index in [1.807, 2.05) is 0 Å².